The minimum Gasteiger partial charge on any atom is -0.313 e. The molecule has 0 N–H and O–H groups in total. The van der Waals surface area contributed by atoms with E-state index in [2.05, 4.69) is 109 Å². The summed E-state index contributed by atoms with van der Waals surface area (Å²) < 4.78 is 2.46. The molecule has 5 rings (SSSR count). The number of aromatic nitrogens is 1. The van der Waals surface area contributed by atoms with E-state index in [1.54, 1.807) is 0 Å². The van der Waals surface area contributed by atoms with Crippen molar-refractivity contribution in [1.82, 2.24) is 4.57 Å². The van der Waals surface area contributed by atoms with Crippen LogP contribution >= 0.6 is 0 Å². The van der Waals surface area contributed by atoms with Gasteiger partial charge in [0.25, 0.3) is 0 Å². The van der Waals surface area contributed by atoms with Gasteiger partial charge in [0.05, 0.1) is 5.52 Å². The first-order valence-electron chi connectivity index (χ1n) is 10.7. The summed E-state index contributed by atoms with van der Waals surface area (Å²) in [6.07, 6.45) is 16.1. The molecule has 144 valence electrons. The van der Waals surface area contributed by atoms with Crippen molar-refractivity contribution in [1.29, 1.82) is 0 Å². The average Bonchev–Trinajstić information content (AvgIpc) is 2.93. The van der Waals surface area contributed by atoms with Crippen molar-refractivity contribution in [2.45, 2.75) is 26.7 Å². The molecule has 1 aromatic heterocycles. The molecule has 0 fully saturated rings. The zero-order valence-electron chi connectivity index (χ0n) is 17.2. The van der Waals surface area contributed by atoms with Crippen molar-refractivity contribution in [2.75, 3.05) is 0 Å². The van der Waals surface area contributed by atoms with Gasteiger partial charge in [0, 0.05) is 28.2 Å². The molecule has 2 unspecified atom stereocenters. The van der Waals surface area contributed by atoms with Crippen LogP contribution in [0.15, 0.2) is 96.1 Å². The molecule has 2 atom stereocenters. The highest BCUT2D eigenvalue weighted by molar-refractivity contribution is 5.93. The van der Waals surface area contributed by atoms with Gasteiger partial charge in [-0.25, -0.2) is 0 Å². The molecule has 2 aromatic carbocycles. The van der Waals surface area contributed by atoms with Crippen molar-refractivity contribution in [3.8, 4) is 5.69 Å². The molecular formula is C28H27N. The van der Waals surface area contributed by atoms with Crippen molar-refractivity contribution < 1.29 is 0 Å². The molecule has 1 heteroatoms. The molecule has 0 saturated heterocycles. The fraction of sp³-hybridized carbons (Fsp3) is 0.214. The molecule has 29 heavy (non-hydrogen) atoms. The van der Waals surface area contributed by atoms with Crippen molar-refractivity contribution in [2.24, 2.45) is 11.8 Å². The molecule has 2 aliphatic carbocycles. The summed E-state index contributed by atoms with van der Waals surface area (Å²) in [5.41, 5.74) is 8.34. The standard InChI is InChI=1S/C28H27N/c1-20-9-8-10-22(16-15-20)21(2)23-17-18-28-26(19-23)25-13-6-7-14-27(25)29(28)24-11-4-3-5-12-24/h3-16,19-21H,17-18H2,1-2H3. The second kappa shape index (κ2) is 7.40. The molecule has 0 bridgehead atoms. The van der Waals surface area contributed by atoms with E-state index < -0.39 is 0 Å². The highest BCUT2D eigenvalue weighted by Gasteiger charge is 2.23. The summed E-state index contributed by atoms with van der Waals surface area (Å²) >= 11 is 0. The van der Waals surface area contributed by atoms with Crippen LogP contribution in [0.1, 0.15) is 31.5 Å². The van der Waals surface area contributed by atoms with Gasteiger partial charge in [-0.1, -0.05) is 92.3 Å². The average molecular weight is 378 g/mol. The third-order valence-electron chi connectivity index (χ3n) is 6.36. The second-order valence-corrected chi connectivity index (χ2v) is 8.26. The van der Waals surface area contributed by atoms with Crippen LogP contribution < -0.4 is 0 Å². The number of nitrogens with zero attached hydrogens (tertiary/aromatic N) is 1. The minimum absolute atomic E-state index is 0.438. The summed E-state index contributed by atoms with van der Waals surface area (Å²) in [6.45, 7) is 4.59. The minimum atomic E-state index is 0.438. The summed E-state index contributed by atoms with van der Waals surface area (Å²) in [7, 11) is 0. The van der Waals surface area contributed by atoms with Crippen LogP contribution in [-0.2, 0) is 6.42 Å². The van der Waals surface area contributed by atoms with Gasteiger partial charge in [0.2, 0.25) is 0 Å². The topological polar surface area (TPSA) is 4.93 Å². The second-order valence-electron chi connectivity index (χ2n) is 8.26. The molecule has 3 aromatic rings. The maximum atomic E-state index is 2.47. The number of hydrogen-bond donors (Lipinski definition) is 0. The van der Waals surface area contributed by atoms with Gasteiger partial charge in [-0.05, 0) is 42.5 Å². The number of para-hydroxylation sites is 2. The van der Waals surface area contributed by atoms with Gasteiger partial charge in [0.15, 0.2) is 0 Å². The van der Waals surface area contributed by atoms with E-state index in [0.29, 0.717) is 11.8 Å². The Kier molecular flexibility index (Phi) is 4.60. The fourth-order valence-electron chi connectivity index (χ4n) is 4.69. The van der Waals surface area contributed by atoms with Crippen molar-refractivity contribution >= 4 is 17.0 Å². The lowest BCUT2D eigenvalue weighted by Gasteiger charge is -2.22. The fourth-order valence-corrected chi connectivity index (χ4v) is 4.69. The number of allylic oxidation sites excluding steroid dienone is 7. The zero-order chi connectivity index (χ0) is 19.8. The highest BCUT2D eigenvalue weighted by Crippen LogP contribution is 2.39. The molecule has 0 aliphatic heterocycles. The summed E-state index contributed by atoms with van der Waals surface area (Å²) in [5, 5.41) is 1.36. The van der Waals surface area contributed by atoms with Gasteiger partial charge in [0.1, 0.15) is 0 Å². The maximum absolute atomic E-state index is 2.47. The molecule has 0 radical (unpaired) electrons. The van der Waals surface area contributed by atoms with E-state index in [9.17, 15) is 0 Å². The van der Waals surface area contributed by atoms with Crippen LogP contribution in [0.4, 0.5) is 0 Å². The predicted molar refractivity (Wildman–Crippen MR) is 124 cm³/mol. The van der Waals surface area contributed by atoms with E-state index in [4.69, 9.17) is 0 Å². The lowest BCUT2D eigenvalue weighted by molar-refractivity contribution is 0.732. The first-order valence-corrected chi connectivity index (χ1v) is 10.7. The Bertz CT molecular complexity index is 1170. The number of fused-ring (bicyclic) bond motifs is 3. The van der Waals surface area contributed by atoms with Gasteiger partial charge < -0.3 is 4.57 Å². The van der Waals surface area contributed by atoms with Crippen LogP contribution in [0, 0.1) is 11.8 Å². The zero-order valence-corrected chi connectivity index (χ0v) is 17.2. The van der Waals surface area contributed by atoms with E-state index >= 15 is 0 Å². The van der Waals surface area contributed by atoms with E-state index in [1.165, 1.54) is 39.0 Å². The Labute approximate surface area is 173 Å². The molecule has 0 saturated carbocycles. The normalized spacial score (nSPS) is 19.4. The Morgan fingerprint density at radius 1 is 0.931 bits per heavy atom. The number of benzene rings is 2. The van der Waals surface area contributed by atoms with Crippen molar-refractivity contribution in [3.05, 3.63) is 107 Å². The molecule has 2 aliphatic rings. The maximum Gasteiger partial charge on any atom is 0.0537 e. The summed E-state index contributed by atoms with van der Waals surface area (Å²) in [5.74, 6) is 0.944. The van der Waals surface area contributed by atoms with Gasteiger partial charge >= 0.3 is 0 Å². The van der Waals surface area contributed by atoms with Gasteiger partial charge in [-0.3, -0.25) is 0 Å². The van der Waals surface area contributed by atoms with E-state index in [-0.39, 0.29) is 0 Å². The number of hydrogen-bond acceptors (Lipinski definition) is 0. The number of rotatable bonds is 3. The SMILES string of the molecule is CC1C=CC=C(C(C)C2=Cc3c(n(-c4ccccc4)c4ccccc34)CC2)C=C1. The Morgan fingerprint density at radius 3 is 2.59 bits per heavy atom. The van der Waals surface area contributed by atoms with Crippen LogP contribution in [0.3, 0.4) is 0 Å². The van der Waals surface area contributed by atoms with E-state index in [0.717, 1.165) is 12.8 Å². The Hall–Kier alpha value is -3.06. The summed E-state index contributed by atoms with van der Waals surface area (Å²) in [6, 6.07) is 19.6. The van der Waals surface area contributed by atoms with Crippen molar-refractivity contribution in [3.63, 3.8) is 0 Å². The smallest absolute Gasteiger partial charge is 0.0537 e. The first-order chi connectivity index (χ1) is 14.2. The Balaban J connectivity index is 1.62. The molecular weight excluding hydrogens is 350 g/mol. The molecule has 0 amide bonds. The van der Waals surface area contributed by atoms with Crippen LogP contribution in [0.5, 0.6) is 0 Å². The van der Waals surface area contributed by atoms with E-state index in [1.807, 2.05) is 0 Å². The largest absolute Gasteiger partial charge is 0.313 e. The molecule has 1 heterocycles. The summed E-state index contributed by atoms with van der Waals surface area (Å²) in [4.78, 5) is 0. The quantitative estimate of drug-likeness (QED) is 0.452. The third kappa shape index (κ3) is 3.21. The lowest BCUT2D eigenvalue weighted by Crippen LogP contribution is -2.10. The van der Waals surface area contributed by atoms with Crippen LogP contribution in [0.25, 0.3) is 22.7 Å². The molecule has 0 spiro atoms. The van der Waals surface area contributed by atoms with Crippen LogP contribution in [-0.4, -0.2) is 4.57 Å². The highest BCUT2D eigenvalue weighted by atomic mass is 15.0. The predicted octanol–water partition coefficient (Wildman–Crippen LogP) is 7.28. The third-order valence-corrected chi connectivity index (χ3v) is 6.36. The molecule has 1 nitrogen and oxygen atoms in total. The Morgan fingerprint density at radius 2 is 1.72 bits per heavy atom. The first kappa shape index (κ1) is 18.0. The van der Waals surface area contributed by atoms with Gasteiger partial charge in [-0.2, -0.15) is 0 Å². The lowest BCUT2D eigenvalue weighted by atomic mass is 9.84. The van der Waals surface area contributed by atoms with Crippen LogP contribution in [0.2, 0.25) is 0 Å². The van der Waals surface area contributed by atoms with Gasteiger partial charge in [-0.15, -0.1) is 0 Å². The monoisotopic (exact) mass is 377 g/mol.